The first-order valence-corrected chi connectivity index (χ1v) is 9.25. The number of rotatable bonds is 7. The van der Waals surface area contributed by atoms with Crippen LogP contribution in [0.3, 0.4) is 0 Å². The van der Waals surface area contributed by atoms with Crippen LogP contribution in [0.2, 0.25) is 0 Å². The van der Waals surface area contributed by atoms with Gasteiger partial charge in [-0.25, -0.2) is 4.79 Å². The number of carbonyl (C=O) groups excluding carboxylic acids is 1. The van der Waals surface area contributed by atoms with Crippen LogP contribution in [0.25, 0.3) is 0 Å². The zero-order valence-corrected chi connectivity index (χ0v) is 16.1. The van der Waals surface area contributed by atoms with E-state index >= 15 is 0 Å². The molecular formula is C19H33N5O. The Hall–Kier alpha value is -1.79. The lowest BCUT2D eigenvalue weighted by atomic mass is 10.1. The minimum absolute atomic E-state index is 0.137. The van der Waals surface area contributed by atoms with Gasteiger partial charge < -0.3 is 25.3 Å². The summed E-state index contributed by atoms with van der Waals surface area (Å²) in [5.41, 5.74) is 1.88. The van der Waals surface area contributed by atoms with Gasteiger partial charge in [0.15, 0.2) is 0 Å². The fraction of sp³-hybridized carbons (Fsp3) is 0.632. The molecule has 6 nitrogen and oxygen atoms in total. The number of urea groups is 1. The smallest absolute Gasteiger partial charge is 0.319 e. The van der Waals surface area contributed by atoms with E-state index in [0.29, 0.717) is 12.5 Å². The molecule has 1 aliphatic heterocycles. The Kier molecular flexibility index (Phi) is 7.52. The fourth-order valence-electron chi connectivity index (χ4n) is 3.05. The second kappa shape index (κ2) is 9.63. The van der Waals surface area contributed by atoms with E-state index in [4.69, 9.17) is 0 Å². The van der Waals surface area contributed by atoms with E-state index in [1.807, 2.05) is 31.3 Å². The molecule has 1 unspecified atom stereocenters. The van der Waals surface area contributed by atoms with Crippen molar-refractivity contribution < 1.29 is 4.79 Å². The van der Waals surface area contributed by atoms with E-state index in [1.165, 1.54) is 0 Å². The molecule has 25 heavy (non-hydrogen) atoms. The standard InChI is InChI=1S/C19H33N5O/c1-5-23(4)18-9-7-6-8-17(18)21-19(25)20-14-16(2)15-24-12-10-22(3)11-13-24/h6-9,16H,5,10-15H2,1-4H3,(H2,20,21,25). The maximum atomic E-state index is 12.3. The molecule has 0 radical (unpaired) electrons. The minimum Gasteiger partial charge on any atom is -0.373 e. The first-order valence-electron chi connectivity index (χ1n) is 9.25. The molecule has 1 aromatic rings. The average Bonchev–Trinajstić information content (AvgIpc) is 2.62. The van der Waals surface area contributed by atoms with Crippen LogP contribution in [-0.4, -0.2) is 75.7 Å². The summed E-state index contributed by atoms with van der Waals surface area (Å²) in [4.78, 5) is 19.2. The van der Waals surface area contributed by atoms with Gasteiger partial charge in [0.25, 0.3) is 0 Å². The Morgan fingerprint density at radius 3 is 2.60 bits per heavy atom. The number of hydrogen-bond donors (Lipinski definition) is 2. The molecule has 140 valence electrons. The summed E-state index contributed by atoms with van der Waals surface area (Å²) >= 11 is 0. The van der Waals surface area contributed by atoms with Gasteiger partial charge in [-0.2, -0.15) is 0 Å². The molecule has 0 bridgehead atoms. The first kappa shape index (κ1) is 19.5. The zero-order chi connectivity index (χ0) is 18.2. The van der Waals surface area contributed by atoms with E-state index in [1.54, 1.807) is 0 Å². The highest BCUT2D eigenvalue weighted by molar-refractivity contribution is 5.93. The number of hydrogen-bond acceptors (Lipinski definition) is 4. The van der Waals surface area contributed by atoms with Crippen molar-refractivity contribution in [2.45, 2.75) is 13.8 Å². The molecule has 1 fully saturated rings. The predicted octanol–water partition coefficient (Wildman–Crippen LogP) is 2.15. The number of nitrogens with zero attached hydrogens (tertiary/aromatic N) is 3. The van der Waals surface area contributed by atoms with Gasteiger partial charge in [-0.3, -0.25) is 0 Å². The van der Waals surface area contributed by atoms with Crippen molar-refractivity contribution >= 4 is 17.4 Å². The molecular weight excluding hydrogens is 314 g/mol. The van der Waals surface area contributed by atoms with Gasteiger partial charge >= 0.3 is 6.03 Å². The number of carbonyl (C=O) groups is 1. The van der Waals surface area contributed by atoms with E-state index in [-0.39, 0.29) is 6.03 Å². The zero-order valence-electron chi connectivity index (χ0n) is 16.1. The molecule has 6 heteroatoms. The highest BCUT2D eigenvalue weighted by Crippen LogP contribution is 2.24. The van der Waals surface area contributed by atoms with Crippen LogP contribution in [-0.2, 0) is 0 Å². The van der Waals surface area contributed by atoms with Crippen LogP contribution in [0, 0.1) is 5.92 Å². The number of benzene rings is 1. The lowest BCUT2D eigenvalue weighted by Gasteiger charge is -2.33. The number of anilines is 2. The molecule has 1 atom stereocenters. The summed E-state index contributed by atoms with van der Waals surface area (Å²) in [5.74, 6) is 0.433. The SMILES string of the molecule is CCN(C)c1ccccc1NC(=O)NCC(C)CN1CCN(C)CC1. The highest BCUT2D eigenvalue weighted by Gasteiger charge is 2.16. The van der Waals surface area contributed by atoms with Crippen molar-refractivity contribution in [1.29, 1.82) is 0 Å². The predicted molar refractivity (Wildman–Crippen MR) is 106 cm³/mol. The maximum absolute atomic E-state index is 12.3. The molecule has 0 aliphatic carbocycles. The Labute approximate surface area is 152 Å². The van der Waals surface area contributed by atoms with Gasteiger partial charge in [-0.15, -0.1) is 0 Å². The Morgan fingerprint density at radius 1 is 1.24 bits per heavy atom. The van der Waals surface area contributed by atoms with Gasteiger partial charge in [0, 0.05) is 52.9 Å². The van der Waals surface area contributed by atoms with Crippen LogP contribution in [0.5, 0.6) is 0 Å². The third-order valence-corrected chi connectivity index (χ3v) is 4.81. The summed E-state index contributed by atoms with van der Waals surface area (Å²) < 4.78 is 0. The van der Waals surface area contributed by atoms with Gasteiger partial charge in [-0.1, -0.05) is 19.1 Å². The van der Waals surface area contributed by atoms with Crippen molar-refractivity contribution in [1.82, 2.24) is 15.1 Å². The number of amides is 2. The number of likely N-dealkylation sites (N-methyl/N-ethyl adjacent to an activating group) is 1. The van der Waals surface area contributed by atoms with E-state index in [9.17, 15) is 4.79 Å². The molecule has 2 amide bonds. The Morgan fingerprint density at radius 2 is 1.92 bits per heavy atom. The topological polar surface area (TPSA) is 50.9 Å². The van der Waals surface area contributed by atoms with Crippen LogP contribution in [0.1, 0.15) is 13.8 Å². The molecule has 0 aromatic heterocycles. The van der Waals surface area contributed by atoms with Crippen LogP contribution >= 0.6 is 0 Å². The lowest BCUT2D eigenvalue weighted by molar-refractivity contribution is 0.138. The molecule has 1 heterocycles. The Balaban J connectivity index is 1.77. The van der Waals surface area contributed by atoms with Crippen LogP contribution < -0.4 is 15.5 Å². The molecule has 1 aromatic carbocycles. The van der Waals surface area contributed by atoms with E-state index < -0.39 is 0 Å². The molecule has 0 spiro atoms. The van der Waals surface area contributed by atoms with Crippen molar-refractivity contribution in [2.75, 3.05) is 70.1 Å². The summed E-state index contributed by atoms with van der Waals surface area (Å²) in [6.07, 6.45) is 0. The molecule has 2 N–H and O–H groups in total. The van der Waals surface area contributed by atoms with Gasteiger partial charge in [0.05, 0.1) is 11.4 Å². The normalized spacial score (nSPS) is 17.1. The molecule has 1 saturated heterocycles. The third kappa shape index (κ3) is 6.21. The summed E-state index contributed by atoms with van der Waals surface area (Å²) in [6, 6.07) is 7.76. The first-order chi connectivity index (χ1) is 12.0. The van der Waals surface area contributed by atoms with E-state index in [2.05, 4.69) is 46.2 Å². The minimum atomic E-state index is -0.137. The third-order valence-electron chi connectivity index (χ3n) is 4.81. The summed E-state index contributed by atoms with van der Waals surface area (Å²) in [5, 5.41) is 5.99. The number of nitrogens with one attached hydrogen (secondary N) is 2. The second-order valence-corrected chi connectivity index (χ2v) is 7.08. The maximum Gasteiger partial charge on any atom is 0.319 e. The van der Waals surface area contributed by atoms with Crippen molar-refractivity contribution in [2.24, 2.45) is 5.92 Å². The molecule has 1 aliphatic rings. The highest BCUT2D eigenvalue weighted by atomic mass is 16.2. The second-order valence-electron chi connectivity index (χ2n) is 7.08. The average molecular weight is 348 g/mol. The number of piperazine rings is 1. The van der Waals surface area contributed by atoms with Crippen LogP contribution in [0.4, 0.5) is 16.2 Å². The number of para-hydroxylation sites is 2. The van der Waals surface area contributed by atoms with Crippen molar-refractivity contribution in [3.63, 3.8) is 0 Å². The van der Waals surface area contributed by atoms with Crippen molar-refractivity contribution in [3.8, 4) is 0 Å². The molecule has 0 saturated carbocycles. The van der Waals surface area contributed by atoms with Gasteiger partial charge in [0.2, 0.25) is 0 Å². The van der Waals surface area contributed by atoms with Gasteiger partial charge in [0.1, 0.15) is 0 Å². The lowest BCUT2D eigenvalue weighted by Crippen LogP contribution is -2.47. The summed E-state index contributed by atoms with van der Waals surface area (Å²) in [6.45, 7) is 11.4. The largest absolute Gasteiger partial charge is 0.373 e. The van der Waals surface area contributed by atoms with Crippen molar-refractivity contribution in [3.05, 3.63) is 24.3 Å². The molecule has 2 rings (SSSR count). The summed E-state index contributed by atoms with van der Waals surface area (Å²) in [7, 11) is 4.19. The fourth-order valence-corrected chi connectivity index (χ4v) is 3.05. The quantitative estimate of drug-likeness (QED) is 0.794. The van der Waals surface area contributed by atoms with Crippen LogP contribution in [0.15, 0.2) is 24.3 Å². The monoisotopic (exact) mass is 347 g/mol. The van der Waals surface area contributed by atoms with E-state index in [0.717, 1.165) is 50.6 Å². The van der Waals surface area contributed by atoms with Gasteiger partial charge in [-0.05, 0) is 32.0 Å². The Bertz CT molecular complexity index is 542.